The summed E-state index contributed by atoms with van der Waals surface area (Å²) >= 11 is 0. The summed E-state index contributed by atoms with van der Waals surface area (Å²) < 4.78 is 3.37. The number of hydrogen-bond donors (Lipinski definition) is 1. The molecule has 1 N–H and O–H groups in total. The van der Waals surface area contributed by atoms with E-state index >= 15 is 0 Å². The second-order valence-electron chi connectivity index (χ2n) is 6.61. The number of carboxylic acid groups (broad SMARTS) is 1. The molecule has 3 heterocycles. The minimum absolute atomic E-state index is 0.0442. The Morgan fingerprint density at radius 1 is 1.26 bits per heavy atom. The number of aromatic carboxylic acids is 1. The van der Waals surface area contributed by atoms with Crippen LogP contribution in [0.4, 0.5) is 0 Å². The number of rotatable bonds is 8. The van der Waals surface area contributed by atoms with Crippen molar-refractivity contribution in [3.63, 3.8) is 0 Å². The number of carboxylic acids is 1. The molecule has 0 aliphatic carbocycles. The van der Waals surface area contributed by atoms with Gasteiger partial charge in [-0.1, -0.05) is 19.9 Å². The summed E-state index contributed by atoms with van der Waals surface area (Å²) in [5.74, 6) is -1.05. The molecule has 7 nitrogen and oxygen atoms in total. The van der Waals surface area contributed by atoms with Crippen molar-refractivity contribution in [1.82, 2.24) is 19.1 Å². The number of aryl methyl sites for hydroxylation is 2. The zero-order valence-electron chi connectivity index (χ0n) is 15.6. The number of carbonyl (C=O) groups is 1. The molecule has 0 saturated carbocycles. The monoisotopic (exact) mass is 368 g/mol. The minimum atomic E-state index is -1.05. The van der Waals surface area contributed by atoms with E-state index in [0.717, 1.165) is 31.2 Å². The number of aromatic nitrogens is 4. The van der Waals surface area contributed by atoms with Gasteiger partial charge in [0.25, 0.3) is 0 Å². The van der Waals surface area contributed by atoms with Gasteiger partial charge in [-0.15, -0.1) is 0 Å². The fourth-order valence-electron chi connectivity index (χ4n) is 3.46. The van der Waals surface area contributed by atoms with Gasteiger partial charge in [-0.2, -0.15) is 0 Å². The van der Waals surface area contributed by atoms with Gasteiger partial charge in [-0.05, 0) is 43.4 Å². The molecule has 0 unspecified atom stereocenters. The maximum atomic E-state index is 13.1. The molecule has 0 bridgehead atoms. The Morgan fingerprint density at radius 2 is 2.04 bits per heavy atom. The van der Waals surface area contributed by atoms with E-state index in [0.29, 0.717) is 17.7 Å². The van der Waals surface area contributed by atoms with Gasteiger partial charge < -0.3 is 5.11 Å². The van der Waals surface area contributed by atoms with Crippen LogP contribution < -0.4 is 5.69 Å². The Balaban J connectivity index is 2.01. The van der Waals surface area contributed by atoms with Crippen LogP contribution in [0.5, 0.6) is 0 Å². The molecule has 27 heavy (non-hydrogen) atoms. The van der Waals surface area contributed by atoms with Crippen LogP contribution in [0, 0.1) is 0 Å². The maximum Gasteiger partial charge on any atom is 0.337 e. The summed E-state index contributed by atoms with van der Waals surface area (Å²) in [5, 5.41) is 9.30. The summed E-state index contributed by atoms with van der Waals surface area (Å²) in [6, 6.07) is 5.49. The van der Waals surface area contributed by atoms with Crippen LogP contribution in [0.3, 0.4) is 0 Å². The molecule has 0 spiro atoms. The average Bonchev–Trinajstić information content (AvgIpc) is 2.95. The third-order valence-electron chi connectivity index (χ3n) is 4.93. The lowest BCUT2D eigenvalue weighted by Crippen LogP contribution is -2.27. The lowest BCUT2D eigenvalue weighted by molar-refractivity contribution is 0.0696. The molecule has 0 aliphatic rings. The average molecular weight is 368 g/mol. The van der Waals surface area contributed by atoms with Crippen molar-refractivity contribution in [3.8, 4) is 0 Å². The molecule has 0 radical (unpaired) electrons. The van der Waals surface area contributed by atoms with Gasteiger partial charge in [0.2, 0.25) is 0 Å². The second-order valence-corrected chi connectivity index (χ2v) is 6.61. The van der Waals surface area contributed by atoms with E-state index in [4.69, 9.17) is 0 Å². The minimum Gasteiger partial charge on any atom is -0.478 e. The molecule has 142 valence electrons. The van der Waals surface area contributed by atoms with Gasteiger partial charge in [-0.25, -0.2) is 14.6 Å². The Bertz CT molecular complexity index is 988. The quantitative estimate of drug-likeness (QED) is 0.659. The van der Waals surface area contributed by atoms with E-state index in [1.807, 2.05) is 32.2 Å². The molecule has 0 saturated heterocycles. The summed E-state index contributed by atoms with van der Waals surface area (Å²) in [5.41, 5.74) is 2.21. The van der Waals surface area contributed by atoms with Gasteiger partial charge in [0.15, 0.2) is 5.65 Å². The molecule has 0 amide bonds. The van der Waals surface area contributed by atoms with E-state index in [2.05, 4.69) is 9.97 Å². The SMILES string of the molecule is CCC(CC)n1c(=O)n(CCCc2cccnc2)c2cc(C(=O)O)cnc21. The Kier molecular flexibility index (Phi) is 5.69. The standard InChI is InChI=1S/C20H24N4O3/c1-3-16(4-2)24-18-17(11-15(13-22-18)19(25)26)23(20(24)27)10-6-8-14-7-5-9-21-12-14/h5,7,9,11-13,16H,3-4,6,8,10H2,1-2H3,(H,25,26). The first-order chi connectivity index (χ1) is 13.1. The van der Waals surface area contributed by atoms with E-state index in [9.17, 15) is 14.7 Å². The highest BCUT2D eigenvalue weighted by molar-refractivity contribution is 5.91. The van der Waals surface area contributed by atoms with Crippen molar-refractivity contribution in [3.05, 3.63) is 58.4 Å². The van der Waals surface area contributed by atoms with Crippen molar-refractivity contribution >= 4 is 17.1 Å². The fraction of sp³-hybridized carbons (Fsp3) is 0.400. The van der Waals surface area contributed by atoms with E-state index in [1.54, 1.807) is 21.4 Å². The highest BCUT2D eigenvalue weighted by Gasteiger charge is 2.20. The highest BCUT2D eigenvalue weighted by atomic mass is 16.4. The molecule has 3 aromatic rings. The first-order valence-electron chi connectivity index (χ1n) is 9.29. The normalized spacial score (nSPS) is 11.4. The summed E-state index contributed by atoms with van der Waals surface area (Å²) in [6.07, 6.45) is 8.05. The second kappa shape index (κ2) is 8.16. The topological polar surface area (TPSA) is 90.0 Å². The number of hydrogen-bond acceptors (Lipinski definition) is 4. The third kappa shape index (κ3) is 3.77. The number of fused-ring (bicyclic) bond motifs is 1. The summed E-state index contributed by atoms with van der Waals surface area (Å²) in [6.45, 7) is 4.58. The Morgan fingerprint density at radius 3 is 2.67 bits per heavy atom. The van der Waals surface area contributed by atoms with Gasteiger partial charge >= 0.3 is 11.7 Å². The van der Waals surface area contributed by atoms with Crippen LogP contribution in [0.1, 0.15) is 55.1 Å². The van der Waals surface area contributed by atoms with E-state index in [1.165, 1.54) is 6.20 Å². The molecule has 3 rings (SSSR count). The van der Waals surface area contributed by atoms with Gasteiger partial charge in [0.05, 0.1) is 11.1 Å². The van der Waals surface area contributed by atoms with Crippen molar-refractivity contribution in [2.75, 3.05) is 0 Å². The first-order valence-corrected chi connectivity index (χ1v) is 9.29. The zero-order valence-corrected chi connectivity index (χ0v) is 15.6. The molecule has 0 fully saturated rings. The lowest BCUT2D eigenvalue weighted by atomic mass is 10.1. The van der Waals surface area contributed by atoms with Gasteiger partial charge in [0, 0.05) is 31.2 Å². The third-order valence-corrected chi connectivity index (χ3v) is 4.93. The number of nitrogens with zero attached hydrogens (tertiary/aromatic N) is 4. The van der Waals surface area contributed by atoms with Gasteiger partial charge in [0.1, 0.15) is 0 Å². The molecule has 3 aromatic heterocycles. The Hall–Kier alpha value is -2.96. The fourth-order valence-corrected chi connectivity index (χ4v) is 3.46. The van der Waals surface area contributed by atoms with Crippen molar-refractivity contribution in [2.24, 2.45) is 0 Å². The number of pyridine rings is 2. The van der Waals surface area contributed by atoms with Crippen LogP contribution in [0.25, 0.3) is 11.2 Å². The molecule has 0 aliphatic heterocycles. The van der Waals surface area contributed by atoms with Crippen LogP contribution in [-0.4, -0.2) is 30.2 Å². The largest absolute Gasteiger partial charge is 0.478 e. The summed E-state index contributed by atoms with van der Waals surface area (Å²) in [4.78, 5) is 32.9. The van der Waals surface area contributed by atoms with Crippen molar-refractivity contribution in [1.29, 1.82) is 0 Å². The predicted molar refractivity (Wildman–Crippen MR) is 103 cm³/mol. The van der Waals surface area contributed by atoms with Crippen molar-refractivity contribution < 1.29 is 9.90 Å². The van der Waals surface area contributed by atoms with Crippen LogP contribution in [0.15, 0.2) is 41.6 Å². The predicted octanol–water partition coefficient (Wildman–Crippen LogP) is 3.29. The molecular weight excluding hydrogens is 344 g/mol. The first kappa shape index (κ1) is 18.8. The zero-order chi connectivity index (χ0) is 19.4. The van der Waals surface area contributed by atoms with Crippen LogP contribution in [0.2, 0.25) is 0 Å². The van der Waals surface area contributed by atoms with E-state index < -0.39 is 5.97 Å². The smallest absolute Gasteiger partial charge is 0.337 e. The van der Waals surface area contributed by atoms with Crippen LogP contribution >= 0.6 is 0 Å². The van der Waals surface area contributed by atoms with Gasteiger partial charge in [-0.3, -0.25) is 14.1 Å². The van der Waals surface area contributed by atoms with E-state index in [-0.39, 0.29) is 17.3 Å². The molecule has 7 heteroatoms. The summed E-state index contributed by atoms with van der Waals surface area (Å²) in [7, 11) is 0. The molecule has 0 atom stereocenters. The van der Waals surface area contributed by atoms with Crippen molar-refractivity contribution in [2.45, 2.75) is 52.1 Å². The number of imidazole rings is 1. The lowest BCUT2D eigenvalue weighted by Gasteiger charge is -2.13. The molecular formula is C20H24N4O3. The Labute approximate surface area is 157 Å². The maximum absolute atomic E-state index is 13.1. The van der Waals surface area contributed by atoms with Crippen LogP contribution in [-0.2, 0) is 13.0 Å². The highest BCUT2D eigenvalue weighted by Crippen LogP contribution is 2.21. The molecule has 0 aromatic carbocycles.